The van der Waals surface area contributed by atoms with Crippen molar-refractivity contribution < 1.29 is 9.53 Å². The minimum atomic E-state index is -0.269. The number of ether oxygens (including phenoxy) is 1. The topological polar surface area (TPSA) is 50.4 Å². The largest absolute Gasteiger partial charge is 0.494 e. The third-order valence-electron chi connectivity index (χ3n) is 2.39. The van der Waals surface area contributed by atoms with Crippen LogP contribution >= 0.6 is 0 Å². The van der Waals surface area contributed by atoms with Crippen molar-refractivity contribution in [2.45, 2.75) is 19.9 Å². The van der Waals surface area contributed by atoms with Crippen LogP contribution in [0.5, 0.6) is 5.75 Å². The van der Waals surface area contributed by atoms with Crippen LogP contribution < -0.4 is 15.4 Å². The first-order valence-corrected chi connectivity index (χ1v) is 5.88. The van der Waals surface area contributed by atoms with Crippen molar-refractivity contribution in [3.05, 3.63) is 29.8 Å². The maximum Gasteiger partial charge on any atom is 0.316 e. The highest BCUT2D eigenvalue weighted by Gasteiger charge is 2.08. The van der Waals surface area contributed by atoms with E-state index >= 15 is 0 Å². The van der Waals surface area contributed by atoms with E-state index in [1.165, 1.54) is 0 Å². The molecule has 4 nitrogen and oxygen atoms in total. The van der Waals surface area contributed by atoms with E-state index in [4.69, 9.17) is 11.2 Å². The van der Waals surface area contributed by atoms with Crippen LogP contribution in [0.25, 0.3) is 0 Å². The Labute approximate surface area is 108 Å². The summed E-state index contributed by atoms with van der Waals surface area (Å²) in [6.45, 7) is 4.71. The predicted octanol–water partition coefficient (Wildman–Crippen LogP) is 2.08. The standard InChI is InChI=1S/C14H18N2O2/c1-4-10-15-14(17)16-11(3)12-6-8-13(9-7-12)18-5-2/h1,6-9,11H,5,10H2,2-3H3,(H2,15,16,17). The molecule has 2 amide bonds. The van der Waals surface area contributed by atoms with E-state index in [0.717, 1.165) is 11.3 Å². The molecule has 1 aromatic rings. The zero-order valence-electron chi connectivity index (χ0n) is 10.7. The Kier molecular flexibility index (Phi) is 5.59. The van der Waals surface area contributed by atoms with Gasteiger partial charge in [-0.05, 0) is 31.5 Å². The highest BCUT2D eigenvalue weighted by atomic mass is 16.5. The molecule has 0 saturated carbocycles. The Morgan fingerprint density at radius 3 is 2.67 bits per heavy atom. The Morgan fingerprint density at radius 1 is 1.44 bits per heavy atom. The van der Waals surface area contributed by atoms with Crippen molar-refractivity contribution in [3.8, 4) is 18.1 Å². The van der Waals surface area contributed by atoms with Crippen LogP contribution in [0, 0.1) is 12.3 Å². The molecule has 0 aromatic heterocycles. The molecule has 0 radical (unpaired) electrons. The molecule has 1 aromatic carbocycles. The fraction of sp³-hybridized carbons (Fsp3) is 0.357. The van der Waals surface area contributed by atoms with Gasteiger partial charge in [-0.3, -0.25) is 0 Å². The lowest BCUT2D eigenvalue weighted by Crippen LogP contribution is -2.37. The van der Waals surface area contributed by atoms with E-state index in [0.29, 0.717) is 6.61 Å². The lowest BCUT2D eigenvalue weighted by atomic mass is 10.1. The molecule has 0 heterocycles. The van der Waals surface area contributed by atoms with Crippen molar-refractivity contribution in [3.63, 3.8) is 0 Å². The van der Waals surface area contributed by atoms with Crippen LogP contribution in [0.15, 0.2) is 24.3 Å². The second kappa shape index (κ2) is 7.23. The summed E-state index contributed by atoms with van der Waals surface area (Å²) in [6, 6.07) is 7.27. The number of hydrogen-bond donors (Lipinski definition) is 2. The van der Waals surface area contributed by atoms with Gasteiger partial charge in [0, 0.05) is 0 Å². The van der Waals surface area contributed by atoms with Gasteiger partial charge in [-0.15, -0.1) is 6.42 Å². The van der Waals surface area contributed by atoms with Gasteiger partial charge >= 0.3 is 6.03 Å². The summed E-state index contributed by atoms with van der Waals surface area (Å²) in [5.41, 5.74) is 1.01. The summed E-state index contributed by atoms with van der Waals surface area (Å²) in [4.78, 5) is 11.4. The number of nitrogens with one attached hydrogen (secondary N) is 2. The Bertz CT molecular complexity index is 420. The molecule has 2 N–H and O–H groups in total. The molecule has 1 atom stereocenters. The van der Waals surface area contributed by atoms with Gasteiger partial charge in [0.15, 0.2) is 0 Å². The summed E-state index contributed by atoms with van der Waals surface area (Å²) >= 11 is 0. The quantitative estimate of drug-likeness (QED) is 0.781. The molecule has 4 heteroatoms. The first kappa shape index (κ1) is 13.9. The summed E-state index contributed by atoms with van der Waals surface area (Å²) in [5.74, 6) is 3.17. The normalized spacial score (nSPS) is 11.2. The first-order valence-electron chi connectivity index (χ1n) is 5.88. The molecule has 1 rings (SSSR count). The summed E-state index contributed by atoms with van der Waals surface area (Å²) < 4.78 is 5.35. The second-order valence-corrected chi connectivity index (χ2v) is 3.75. The van der Waals surface area contributed by atoms with Gasteiger partial charge in [0.05, 0.1) is 19.2 Å². The number of benzene rings is 1. The highest BCUT2D eigenvalue weighted by Crippen LogP contribution is 2.17. The zero-order valence-corrected chi connectivity index (χ0v) is 10.7. The Balaban J connectivity index is 2.53. The summed E-state index contributed by atoms with van der Waals surface area (Å²) in [5, 5.41) is 5.35. The van der Waals surface area contributed by atoms with Crippen LogP contribution in [0.2, 0.25) is 0 Å². The molecule has 0 fully saturated rings. The molecule has 18 heavy (non-hydrogen) atoms. The minimum Gasteiger partial charge on any atom is -0.494 e. The fourth-order valence-electron chi connectivity index (χ4n) is 1.48. The van der Waals surface area contributed by atoms with Crippen molar-refractivity contribution in [2.75, 3.05) is 13.2 Å². The minimum absolute atomic E-state index is 0.0848. The van der Waals surface area contributed by atoms with Gasteiger partial charge in [-0.25, -0.2) is 4.79 Å². The van der Waals surface area contributed by atoms with Gasteiger partial charge in [0.1, 0.15) is 5.75 Å². The van der Waals surface area contributed by atoms with E-state index in [1.54, 1.807) is 0 Å². The maximum absolute atomic E-state index is 11.4. The maximum atomic E-state index is 11.4. The zero-order chi connectivity index (χ0) is 13.4. The van der Waals surface area contributed by atoms with Crippen molar-refractivity contribution in [2.24, 2.45) is 0 Å². The van der Waals surface area contributed by atoms with E-state index in [1.807, 2.05) is 38.1 Å². The number of amides is 2. The summed E-state index contributed by atoms with van der Waals surface area (Å²) in [7, 11) is 0. The second-order valence-electron chi connectivity index (χ2n) is 3.75. The van der Waals surface area contributed by atoms with Crippen molar-refractivity contribution in [1.29, 1.82) is 0 Å². The van der Waals surface area contributed by atoms with Crippen LogP contribution in [0.4, 0.5) is 4.79 Å². The molecule has 1 unspecified atom stereocenters. The van der Waals surface area contributed by atoms with Gasteiger partial charge in [-0.2, -0.15) is 0 Å². The Morgan fingerprint density at radius 2 is 2.11 bits per heavy atom. The molecule has 0 bridgehead atoms. The van der Waals surface area contributed by atoms with Gasteiger partial charge in [0.2, 0.25) is 0 Å². The fourth-order valence-corrected chi connectivity index (χ4v) is 1.48. The first-order chi connectivity index (χ1) is 8.67. The molecular formula is C14H18N2O2. The molecule has 96 valence electrons. The lowest BCUT2D eigenvalue weighted by molar-refractivity contribution is 0.239. The van der Waals surface area contributed by atoms with Crippen LogP contribution in [-0.2, 0) is 0 Å². The van der Waals surface area contributed by atoms with Crippen LogP contribution in [0.1, 0.15) is 25.5 Å². The number of carbonyl (C=O) groups is 1. The van der Waals surface area contributed by atoms with Crippen LogP contribution in [0.3, 0.4) is 0 Å². The van der Waals surface area contributed by atoms with E-state index < -0.39 is 0 Å². The highest BCUT2D eigenvalue weighted by molar-refractivity contribution is 5.74. The number of carbonyl (C=O) groups excluding carboxylic acids is 1. The van der Waals surface area contributed by atoms with Crippen molar-refractivity contribution >= 4 is 6.03 Å². The SMILES string of the molecule is C#CCNC(=O)NC(C)c1ccc(OCC)cc1. The Hall–Kier alpha value is -2.15. The van der Waals surface area contributed by atoms with Crippen LogP contribution in [-0.4, -0.2) is 19.2 Å². The third-order valence-corrected chi connectivity index (χ3v) is 2.39. The number of rotatable bonds is 5. The number of urea groups is 1. The number of hydrogen-bond acceptors (Lipinski definition) is 2. The summed E-state index contributed by atoms with van der Waals surface area (Å²) in [6.07, 6.45) is 5.06. The van der Waals surface area contributed by atoms with Gasteiger partial charge in [-0.1, -0.05) is 18.1 Å². The molecule has 0 saturated heterocycles. The molecule has 0 spiro atoms. The monoisotopic (exact) mass is 246 g/mol. The molecule has 0 aliphatic carbocycles. The average molecular weight is 246 g/mol. The predicted molar refractivity (Wildman–Crippen MR) is 71.4 cm³/mol. The smallest absolute Gasteiger partial charge is 0.316 e. The van der Waals surface area contributed by atoms with Gasteiger partial charge < -0.3 is 15.4 Å². The van der Waals surface area contributed by atoms with E-state index in [9.17, 15) is 4.79 Å². The molecular weight excluding hydrogens is 228 g/mol. The van der Waals surface area contributed by atoms with E-state index in [-0.39, 0.29) is 18.6 Å². The number of terminal acetylenes is 1. The lowest BCUT2D eigenvalue weighted by Gasteiger charge is -2.15. The van der Waals surface area contributed by atoms with Gasteiger partial charge in [0.25, 0.3) is 0 Å². The molecule has 0 aliphatic heterocycles. The third kappa shape index (κ3) is 4.38. The average Bonchev–Trinajstić information content (AvgIpc) is 2.37. The van der Waals surface area contributed by atoms with Crippen molar-refractivity contribution in [1.82, 2.24) is 10.6 Å². The van der Waals surface area contributed by atoms with E-state index in [2.05, 4.69) is 16.6 Å². The molecule has 0 aliphatic rings.